The molecule has 2 rings (SSSR count). The van der Waals surface area contributed by atoms with Gasteiger partial charge in [0.2, 0.25) is 0 Å². The Labute approximate surface area is 90.4 Å². The maximum atomic E-state index is 13.4. The van der Waals surface area contributed by atoms with Crippen LogP contribution in [-0.4, -0.2) is 15.1 Å². The molecule has 0 saturated heterocycles. The van der Waals surface area contributed by atoms with Crippen molar-refractivity contribution >= 4 is 0 Å². The van der Waals surface area contributed by atoms with Crippen molar-refractivity contribution in [3.8, 4) is 11.4 Å². The first kappa shape index (κ1) is 10.6. The van der Waals surface area contributed by atoms with Gasteiger partial charge in [-0.15, -0.1) is 0 Å². The molecule has 3 nitrogen and oxygen atoms in total. The number of halogens is 2. The minimum atomic E-state index is -0.973. The summed E-state index contributed by atoms with van der Waals surface area (Å²) in [6.07, 6.45) is 2.74. The van der Waals surface area contributed by atoms with Crippen LogP contribution in [0.15, 0.2) is 30.6 Å². The molecule has 0 radical (unpaired) electrons. The zero-order valence-corrected chi connectivity index (χ0v) is 8.19. The Morgan fingerprint density at radius 2 is 1.81 bits per heavy atom. The molecule has 0 bridgehead atoms. The van der Waals surface area contributed by atoms with E-state index in [1.54, 1.807) is 0 Å². The molecule has 0 fully saturated rings. The summed E-state index contributed by atoms with van der Waals surface area (Å²) in [7, 11) is 0. The van der Waals surface area contributed by atoms with E-state index in [1.807, 2.05) is 0 Å². The van der Waals surface area contributed by atoms with Crippen LogP contribution in [0.4, 0.5) is 8.78 Å². The number of aromatic nitrogens is 2. The van der Waals surface area contributed by atoms with Crippen molar-refractivity contribution in [1.29, 1.82) is 0 Å². The molecule has 1 aromatic heterocycles. The van der Waals surface area contributed by atoms with Crippen LogP contribution < -0.4 is 0 Å². The van der Waals surface area contributed by atoms with Gasteiger partial charge in [0.05, 0.1) is 12.2 Å². The maximum Gasteiger partial charge on any atom is 0.169 e. The number of rotatable bonds is 2. The van der Waals surface area contributed by atoms with Gasteiger partial charge in [0.1, 0.15) is 0 Å². The molecule has 0 atom stereocenters. The first-order valence-corrected chi connectivity index (χ1v) is 4.58. The Balaban J connectivity index is 2.46. The Kier molecular flexibility index (Phi) is 2.87. The average molecular weight is 222 g/mol. The number of aliphatic hydroxyl groups excluding tert-OH is 1. The summed E-state index contributed by atoms with van der Waals surface area (Å²) in [6, 6.07) is 3.81. The molecular weight excluding hydrogens is 214 g/mol. The van der Waals surface area contributed by atoms with E-state index in [2.05, 4.69) is 9.97 Å². The normalized spacial score (nSPS) is 10.4. The highest BCUT2D eigenvalue weighted by Crippen LogP contribution is 2.20. The minimum Gasteiger partial charge on any atom is -0.392 e. The monoisotopic (exact) mass is 222 g/mol. The lowest BCUT2D eigenvalue weighted by atomic mass is 10.2. The van der Waals surface area contributed by atoms with E-state index in [-0.39, 0.29) is 18.0 Å². The molecule has 1 aromatic carbocycles. The van der Waals surface area contributed by atoms with Crippen LogP contribution in [0.1, 0.15) is 5.56 Å². The summed E-state index contributed by atoms with van der Waals surface area (Å²) in [4.78, 5) is 7.69. The Bertz CT molecular complexity index is 500. The van der Waals surface area contributed by atoms with Crippen molar-refractivity contribution in [2.24, 2.45) is 0 Å². The standard InChI is InChI=1S/C11H8F2N2O/c12-9-3-1-2-8(10(9)13)11-14-4-7(6-16)5-15-11/h1-5,16H,6H2. The van der Waals surface area contributed by atoms with E-state index < -0.39 is 11.6 Å². The molecule has 16 heavy (non-hydrogen) atoms. The lowest BCUT2D eigenvalue weighted by molar-refractivity contribution is 0.281. The second-order valence-corrected chi connectivity index (χ2v) is 3.17. The van der Waals surface area contributed by atoms with Crippen LogP contribution >= 0.6 is 0 Å². The van der Waals surface area contributed by atoms with Gasteiger partial charge < -0.3 is 5.11 Å². The molecule has 0 aliphatic carbocycles. The van der Waals surface area contributed by atoms with Gasteiger partial charge in [0.25, 0.3) is 0 Å². The highest BCUT2D eigenvalue weighted by molar-refractivity contribution is 5.55. The van der Waals surface area contributed by atoms with Gasteiger partial charge in [0.15, 0.2) is 17.5 Å². The van der Waals surface area contributed by atoms with Gasteiger partial charge >= 0.3 is 0 Å². The van der Waals surface area contributed by atoms with Gasteiger partial charge in [-0.1, -0.05) is 6.07 Å². The smallest absolute Gasteiger partial charge is 0.169 e. The Hall–Kier alpha value is -1.88. The third-order valence-electron chi connectivity index (χ3n) is 2.08. The average Bonchev–Trinajstić information content (AvgIpc) is 2.33. The van der Waals surface area contributed by atoms with Crippen LogP contribution in [0.3, 0.4) is 0 Å². The van der Waals surface area contributed by atoms with Gasteiger partial charge in [-0.05, 0) is 12.1 Å². The molecule has 2 aromatic rings. The summed E-state index contributed by atoms with van der Waals surface area (Å²) in [5.41, 5.74) is 0.519. The molecule has 1 heterocycles. The van der Waals surface area contributed by atoms with Crippen molar-refractivity contribution < 1.29 is 13.9 Å². The zero-order valence-electron chi connectivity index (χ0n) is 8.19. The zero-order chi connectivity index (χ0) is 11.5. The molecular formula is C11H8F2N2O. The lowest BCUT2D eigenvalue weighted by Gasteiger charge is -2.02. The molecule has 82 valence electrons. The first-order chi connectivity index (χ1) is 7.72. The van der Waals surface area contributed by atoms with Crippen molar-refractivity contribution in [3.05, 3.63) is 47.8 Å². The topological polar surface area (TPSA) is 46.0 Å². The number of aliphatic hydroxyl groups is 1. The van der Waals surface area contributed by atoms with E-state index in [9.17, 15) is 8.78 Å². The van der Waals surface area contributed by atoms with Crippen LogP contribution in [0, 0.1) is 11.6 Å². The molecule has 1 N–H and O–H groups in total. The summed E-state index contributed by atoms with van der Waals surface area (Å²) in [6.45, 7) is -0.189. The van der Waals surface area contributed by atoms with E-state index in [1.165, 1.54) is 24.5 Å². The number of nitrogens with zero attached hydrogens (tertiary/aromatic N) is 2. The molecule has 0 amide bonds. The van der Waals surface area contributed by atoms with Crippen LogP contribution in [0.2, 0.25) is 0 Å². The van der Waals surface area contributed by atoms with Gasteiger partial charge in [-0.3, -0.25) is 0 Å². The number of hydrogen-bond donors (Lipinski definition) is 1. The summed E-state index contributed by atoms with van der Waals surface area (Å²) < 4.78 is 26.3. The highest BCUT2D eigenvalue weighted by Gasteiger charge is 2.11. The summed E-state index contributed by atoms with van der Waals surface area (Å²) in [5, 5.41) is 8.78. The van der Waals surface area contributed by atoms with Crippen molar-refractivity contribution in [2.45, 2.75) is 6.61 Å². The fraction of sp³-hybridized carbons (Fsp3) is 0.0909. The van der Waals surface area contributed by atoms with Gasteiger partial charge in [-0.2, -0.15) is 0 Å². The van der Waals surface area contributed by atoms with E-state index in [0.29, 0.717) is 5.56 Å². The van der Waals surface area contributed by atoms with Crippen LogP contribution in [0.5, 0.6) is 0 Å². The Morgan fingerprint density at radius 1 is 1.12 bits per heavy atom. The third kappa shape index (κ3) is 1.90. The largest absolute Gasteiger partial charge is 0.392 e. The molecule has 0 aliphatic heterocycles. The molecule has 5 heteroatoms. The summed E-state index contributed by atoms with van der Waals surface area (Å²) in [5.74, 6) is -1.82. The highest BCUT2D eigenvalue weighted by atomic mass is 19.2. The van der Waals surface area contributed by atoms with Gasteiger partial charge in [0, 0.05) is 18.0 Å². The molecule has 0 saturated carbocycles. The van der Waals surface area contributed by atoms with Crippen molar-refractivity contribution in [2.75, 3.05) is 0 Å². The SMILES string of the molecule is OCc1cnc(-c2cccc(F)c2F)nc1. The second kappa shape index (κ2) is 4.32. The molecule has 0 aliphatic rings. The maximum absolute atomic E-state index is 13.4. The van der Waals surface area contributed by atoms with E-state index in [0.717, 1.165) is 6.07 Å². The third-order valence-corrected chi connectivity index (χ3v) is 2.08. The first-order valence-electron chi connectivity index (χ1n) is 4.58. The van der Waals surface area contributed by atoms with Crippen LogP contribution in [0.25, 0.3) is 11.4 Å². The van der Waals surface area contributed by atoms with E-state index in [4.69, 9.17) is 5.11 Å². The number of hydrogen-bond acceptors (Lipinski definition) is 3. The lowest BCUT2D eigenvalue weighted by Crippen LogP contribution is -1.96. The quantitative estimate of drug-likeness (QED) is 0.844. The fourth-order valence-electron chi connectivity index (χ4n) is 1.25. The predicted octanol–water partition coefficient (Wildman–Crippen LogP) is 1.91. The second-order valence-electron chi connectivity index (χ2n) is 3.17. The van der Waals surface area contributed by atoms with E-state index >= 15 is 0 Å². The summed E-state index contributed by atoms with van der Waals surface area (Å²) >= 11 is 0. The Morgan fingerprint density at radius 3 is 2.44 bits per heavy atom. The van der Waals surface area contributed by atoms with Crippen molar-refractivity contribution in [1.82, 2.24) is 9.97 Å². The van der Waals surface area contributed by atoms with Gasteiger partial charge in [-0.25, -0.2) is 18.7 Å². The van der Waals surface area contributed by atoms with Crippen LogP contribution in [-0.2, 0) is 6.61 Å². The minimum absolute atomic E-state index is 0.00416. The number of benzene rings is 1. The predicted molar refractivity (Wildman–Crippen MR) is 53.3 cm³/mol. The fourth-order valence-corrected chi connectivity index (χ4v) is 1.25. The molecule has 0 unspecified atom stereocenters. The molecule has 0 spiro atoms. The van der Waals surface area contributed by atoms with Crippen molar-refractivity contribution in [3.63, 3.8) is 0 Å².